The lowest BCUT2D eigenvalue weighted by molar-refractivity contribution is 0.444. The van der Waals surface area contributed by atoms with E-state index in [1.807, 2.05) is 10.9 Å². The van der Waals surface area contributed by atoms with Crippen molar-refractivity contribution in [1.82, 2.24) is 15.1 Å². The number of aromatic nitrogens is 2. The van der Waals surface area contributed by atoms with Crippen molar-refractivity contribution < 1.29 is 0 Å². The zero-order valence-electron chi connectivity index (χ0n) is 10.9. The van der Waals surface area contributed by atoms with E-state index < -0.39 is 0 Å². The molecule has 0 spiro atoms. The van der Waals surface area contributed by atoms with E-state index >= 15 is 0 Å². The summed E-state index contributed by atoms with van der Waals surface area (Å²) in [6, 6.07) is 0. The first-order valence-electron chi connectivity index (χ1n) is 6.52. The molecular weight excluding hydrogens is 198 g/mol. The van der Waals surface area contributed by atoms with Crippen molar-refractivity contribution >= 4 is 0 Å². The third-order valence-corrected chi connectivity index (χ3v) is 2.92. The van der Waals surface area contributed by atoms with Gasteiger partial charge in [0.15, 0.2) is 0 Å². The highest BCUT2D eigenvalue weighted by Gasteiger charge is 2.09. The van der Waals surface area contributed by atoms with Crippen LogP contribution in [-0.2, 0) is 13.0 Å². The van der Waals surface area contributed by atoms with Gasteiger partial charge in [0.25, 0.3) is 0 Å². The first kappa shape index (κ1) is 13.2. The number of nitrogens with one attached hydrogen (secondary N) is 1. The number of aryl methyl sites for hydroxylation is 1. The largest absolute Gasteiger partial charge is 0.317 e. The molecular formula is C13H25N3. The Hall–Kier alpha value is -0.830. The topological polar surface area (TPSA) is 29.9 Å². The monoisotopic (exact) mass is 223 g/mol. The van der Waals surface area contributed by atoms with Crippen LogP contribution in [0.3, 0.4) is 0 Å². The van der Waals surface area contributed by atoms with Crippen LogP contribution in [0.5, 0.6) is 0 Å². The van der Waals surface area contributed by atoms with Crippen LogP contribution in [0.15, 0.2) is 12.4 Å². The van der Waals surface area contributed by atoms with E-state index in [0.29, 0.717) is 0 Å². The molecule has 92 valence electrons. The van der Waals surface area contributed by atoms with Crippen LogP contribution < -0.4 is 5.32 Å². The Morgan fingerprint density at radius 2 is 2.19 bits per heavy atom. The zero-order valence-corrected chi connectivity index (χ0v) is 10.9. The molecule has 0 aliphatic rings. The van der Waals surface area contributed by atoms with Crippen LogP contribution in [-0.4, -0.2) is 22.9 Å². The van der Waals surface area contributed by atoms with Gasteiger partial charge in [-0.3, -0.25) is 4.68 Å². The van der Waals surface area contributed by atoms with Crippen molar-refractivity contribution in [3.8, 4) is 0 Å². The third kappa shape index (κ3) is 4.35. The lowest BCUT2D eigenvalue weighted by Gasteiger charge is -2.15. The van der Waals surface area contributed by atoms with Crippen LogP contribution >= 0.6 is 0 Å². The Bertz CT molecular complexity index is 280. The van der Waals surface area contributed by atoms with Crippen molar-refractivity contribution in [3.63, 3.8) is 0 Å². The number of hydrogen-bond acceptors (Lipinski definition) is 2. The standard InChI is InChI=1S/C13H25N3/c1-4-7-12(9-14-5-2)8-13-10-15-16(6-3)11-13/h10-12,14H,4-9H2,1-3H3. The number of rotatable bonds is 8. The molecule has 0 aliphatic heterocycles. The van der Waals surface area contributed by atoms with Crippen molar-refractivity contribution in [3.05, 3.63) is 18.0 Å². The summed E-state index contributed by atoms with van der Waals surface area (Å²) in [6.07, 6.45) is 7.90. The van der Waals surface area contributed by atoms with Crippen molar-refractivity contribution in [2.24, 2.45) is 5.92 Å². The smallest absolute Gasteiger partial charge is 0.0521 e. The Kier molecular flexibility index (Phi) is 6.16. The van der Waals surface area contributed by atoms with Gasteiger partial charge in [-0.1, -0.05) is 20.3 Å². The van der Waals surface area contributed by atoms with E-state index in [1.165, 1.54) is 18.4 Å². The van der Waals surface area contributed by atoms with Crippen LogP contribution in [0.1, 0.15) is 39.2 Å². The van der Waals surface area contributed by atoms with Crippen molar-refractivity contribution in [1.29, 1.82) is 0 Å². The molecule has 1 rings (SSSR count). The van der Waals surface area contributed by atoms with Gasteiger partial charge >= 0.3 is 0 Å². The minimum absolute atomic E-state index is 0.749. The van der Waals surface area contributed by atoms with E-state index in [1.54, 1.807) is 0 Å². The molecule has 0 saturated heterocycles. The fourth-order valence-corrected chi connectivity index (χ4v) is 2.05. The van der Waals surface area contributed by atoms with E-state index in [4.69, 9.17) is 0 Å². The first-order valence-corrected chi connectivity index (χ1v) is 6.52. The van der Waals surface area contributed by atoms with Gasteiger partial charge in [0.1, 0.15) is 0 Å². The minimum atomic E-state index is 0.749. The van der Waals surface area contributed by atoms with E-state index in [-0.39, 0.29) is 0 Å². The SMILES string of the molecule is CCCC(CNCC)Cc1cnn(CC)c1. The van der Waals surface area contributed by atoms with Crippen LogP contribution in [0.2, 0.25) is 0 Å². The number of nitrogens with zero attached hydrogens (tertiary/aromatic N) is 2. The molecule has 3 nitrogen and oxygen atoms in total. The molecule has 3 heteroatoms. The summed E-state index contributed by atoms with van der Waals surface area (Å²) in [5.41, 5.74) is 1.37. The quantitative estimate of drug-likeness (QED) is 0.733. The molecule has 0 amide bonds. The summed E-state index contributed by atoms with van der Waals surface area (Å²) in [5, 5.41) is 7.77. The van der Waals surface area contributed by atoms with E-state index in [0.717, 1.165) is 32.0 Å². The van der Waals surface area contributed by atoms with Gasteiger partial charge in [0, 0.05) is 12.7 Å². The Morgan fingerprint density at radius 1 is 1.38 bits per heavy atom. The number of hydrogen-bond donors (Lipinski definition) is 1. The fourth-order valence-electron chi connectivity index (χ4n) is 2.05. The van der Waals surface area contributed by atoms with Gasteiger partial charge < -0.3 is 5.32 Å². The second-order valence-electron chi connectivity index (χ2n) is 4.37. The Balaban J connectivity index is 2.46. The third-order valence-electron chi connectivity index (χ3n) is 2.92. The van der Waals surface area contributed by atoms with Crippen molar-refractivity contribution in [2.75, 3.05) is 13.1 Å². The zero-order chi connectivity index (χ0) is 11.8. The normalized spacial score (nSPS) is 12.9. The van der Waals surface area contributed by atoms with Crippen molar-refractivity contribution in [2.45, 2.75) is 46.6 Å². The molecule has 0 saturated carbocycles. The Labute approximate surface area is 99.2 Å². The molecule has 1 heterocycles. The molecule has 0 aromatic carbocycles. The van der Waals surface area contributed by atoms with E-state index in [2.05, 4.69) is 37.4 Å². The molecule has 1 aromatic heterocycles. The Morgan fingerprint density at radius 3 is 2.75 bits per heavy atom. The summed E-state index contributed by atoms with van der Waals surface area (Å²) in [6.45, 7) is 9.70. The molecule has 1 unspecified atom stereocenters. The van der Waals surface area contributed by atoms with Gasteiger partial charge in [-0.05, 0) is 44.3 Å². The highest BCUT2D eigenvalue weighted by molar-refractivity contribution is 5.05. The molecule has 1 atom stereocenters. The van der Waals surface area contributed by atoms with E-state index in [9.17, 15) is 0 Å². The summed E-state index contributed by atoms with van der Waals surface area (Å²) >= 11 is 0. The minimum Gasteiger partial charge on any atom is -0.317 e. The second-order valence-corrected chi connectivity index (χ2v) is 4.37. The van der Waals surface area contributed by atoms with Gasteiger partial charge in [-0.25, -0.2) is 0 Å². The fraction of sp³-hybridized carbons (Fsp3) is 0.769. The van der Waals surface area contributed by atoms with Gasteiger partial charge in [0.05, 0.1) is 6.20 Å². The van der Waals surface area contributed by atoms with Gasteiger partial charge in [0.2, 0.25) is 0 Å². The maximum Gasteiger partial charge on any atom is 0.0521 e. The molecule has 0 radical (unpaired) electrons. The summed E-state index contributed by atoms with van der Waals surface area (Å²) in [7, 11) is 0. The highest BCUT2D eigenvalue weighted by atomic mass is 15.3. The predicted molar refractivity (Wildman–Crippen MR) is 68.5 cm³/mol. The van der Waals surface area contributed by atoms with Crippen LogP contribution in [0.4, 0.5) is 0 Å². The average Bonchev–Trinajstić information content (AvgIpc) is 2.74. The lowest BCUT2D eigenvalue weighted by atomic mass is 9.96. The molecule has 0 aliphatic carbocycles. The molecule has 0 bridgehead atoms. The molecule has 0 fully saturated rings. The van der Waals surface area contributed by atoms with Crippen LogP contribution in [0.25, 0.3) is 0 Å². The second kappa shape index (κ2) is 7.44. The molecule has 16 heavy (non-hydrogen) atoms. The summed E-state index contributed by atoms with van der Waals surface area (Å²) in [4.78, 5) is 0. The lowest BCUT2D eigenvalue weighted by Crippen LogP contribution is -2.23. The maximum atomic E-state index is 4.32. The first-order chi connectivity index (χ1) is 7.80. The van der Waals surface area contributed by atoms with Crippen LogP contribution in [0, 0.1) is 5.92 Å². The summed E-state index contributed by atoms with van der Waals surface area (Å²) < 4.78 is 2.01. The highest BCUT2D eigenvalue weighted by Crippen LogP contribution is 2.13. The maximum absolute atomic E-state index is 4.32. The predicted octanol–water partition coefficient (Wildman–Crippen LogP) is 2.47. The van der Waals surface area contributed by atoms with Gasteiger partial charge in [-0.2, -0.15) is 5.10 Å². The van der Waals surface area contributed by atoms with Gasteiger partial charge in [-0.15, -0.1) is 0 Å². The summed E-state index contributed by atoms with van der Waals surface area (Å²) in [5.74, 6) is 0.749. The molecule has 1 aromatic rings. The molecule has 1 N–H and O–H groups in total. The average molecular weight is 223 g/mol.